The predicted molar refractivity (Wildman–Crippen MR) is 70.5 cm³/mol. The Morgan fingerprint density at radius 3 is 2.53 bits per heavy atom. The highest BCUT2D eigenvalue weighted by atomic mass is 16.5. The molecule has 0 radical (unpaired) electrons. The fourth-order valence-corrected chi connectivity index (χ4v) is 1.88. The number of hydrogen-bond acceptors (Lipinski definition) is 4. The zero-order valence-corrected chi connectivity index (χ0v) is 12.1. The van der Waals surface area contributed by atoms with E-state index in [1.54, 1.807) is 25.7 Å². The summed E-state index contributed by atoms with van der Waals surface area (Å²) in [5.41, 5.74) is -0.508. The number of morpholine rings is 1. The Labute approximate surface area is 114 Å². The van der Waals surface area contributed by atoms with E-state index >= 15 is 0 Å². The van der Waals surface area contributed by atoms with Gasteiger partial charge >= 0.3 is 0 Å². The first kappa shape index (κ1) is 15.9. The predicted octanol–water partition coefficient (Wildman–Crippen LogP) is -0.243. The number of carbonyl (C=O) groups is 2. The van der Waals surface area contributed by atoms with Gasteiger partial charge in [0, 0.05) is 18.5 Å². The molecule has 6 nitrogen and oxygen atoms in total. The Morgan fingerprint density at radius 2 is 2.00 bits per heavy atom. The van der Waals surface area contributed by atoms with E-state index in [0.717, 1.165) is 0 Å². The minimum atomic E-state index is -0.508. The van der Waals surface area contributed by atoms with Gasteiger partial charge in [0.2, 0.25) is 11.8 Å². The van der Waals surface area contributed by atoms with Crippen LogP contribution in [0.15, 0.2) is 0 Å². The summed E-state index contributed by atoms with van der Waals surface area (Å²) in [7, 11) is 0. The molecule has 110 valence electrons. The maximum absolute atomic E-state index is 12.0. The monoisotopic (exact) mass is 272 g/mol. The molecule has 1 heterocycles. The van der Waals surface area contributed by atoms with Gasteiger partial charge in [-0.1, -0.05) is 20.8 Å². The molecular weight excluding hydrogens is 248 g/mol. The fraction of sp³-hybridized carbons (Fsp3) is 0.846. The lowest BCUT2D eigenvalue weighted by molar-refractivity contribution is -0.147. The number of carbonyl (C=O) groups excluding carboxylic acids is 2. The number of hydrogen-bond donors (Lipinski definition) is 2. The third-order valence-corrected chi connectivity index (χ3v) is 2.96. The van der Waals surface area contributed by atoms with Gasteiger partial charge in [-0.3, -0.25) is 9.59 Å². The molecule has 0 spiro atoms. The van der Waals surface area contributed by atoms with Gasteiger partial charge in [0.05, 0.1) is 25.4 Å². The van der Waals surface area contributed by atoms with Crippen molar-refractivity contribution in [3.8, 4) is 0 Å². The molecule has 1 saturated heterocycles. The van der Waals surface area contributed by atoms with E-state index in [4.69, 9.17) is 9.84 Å². The normalized spacial score (nSPS) is 24.2. The lowest BCUT2D eigenvalue weighted by atomic mass is 9.96. The van der Waals surface area contributed by atoms with Gasteiger partial charge in [-0.25, -0.2) is 0 Å². The molecule has 2 atom stereocenters. The average molecular weight is 272 g/mol. The number of nitrogens with zero attached hydrogens (tertiary/aromatic N) is 1. The van der Waals surface area contributed by atoms with Crippen molar-refractivity contribution in [2.24, 2.45) is 5.41 Å². The van der Waals surface area contributed by atoms with Crippen molar-refractivity contribution in [1.29, 1.82) is 0 Å². The molecule has 0 aromatic carbocycles. The van der Waals surface area contributed by atoms with Gasteiger partial charge in [-0.05, 0) is 6.92 Å². The van der Waals surface area contributed by atoms with Gasteiger partial charge in [0.15, 0.2) is 0 Å². The second-order valence-corrected chi connectivity index (χ2v) is 5.98. The largest absolute Gasteiger partial charge is 0.394 e. The summed E-state index contributed by atoms with van der Waals surface area (Å²) in [6.45, 7) is 7.98. The summed E-state index contributed by atoms with van der Waals surface area (Å²) >= 11 is 0. The standard InChI is InChI=1S/C13H24N2O4/c1-9-6-15(7-10(8-16)19-9)11(17)5-14-12(18)13(2,3)4/h9-10,16H,5-8H2,1-4H3,(H,14,18). The lowest BCUT2D eigenvalue weighted by Gasteiger charge is -2.36. The summed E-state index contributed by atoms with van der Waals surface area (Å²) in [4.78, 5) is 25.3. The number of rotatable bonds is 3. The summed E-state index contributed by atoms with van der Waals surface area (Å²) < 4.78 is 5.46. The maximum atomic E-state index is 12.0. The molecule has 2 amide bonds. The van der Waals surface area contributed by atoms with Crippen molar-refractivity contribution in [2.75, 3.05) is 26.2 Å². The summed E-state index contributed by atoms with van der Waals surface area (Å²) in [6, 6.07) is 0. The molecule has 0 saturated carbocycles. The van der Waals surface area contributed by atoms with E-state index in [2.05, 4.69) is 5.32 Å². The van der Waals surface area contributed by atoms with Crippen LogP contribution in [0.5, 0.6) is 0 Å². The van der Waals surface area contributed by atoms with E-state index in [0.29, 0.717) is 13.1 Å². The van der Waals surface area contributed by atoms with Crippen molar-refractivity contribution >= 4 is 11.8 Å². The van der Waals surface area contributed by atoms with Crippen LogP contribution >= 0.6 is 0 Å². The van der Waals surface area contributed by atoms with Crippen LogP contribution in [0.25, 0.3) is 0 Å². The number of aliphatic hydroxyl groups is 1. The molecule has 1 fully saturated rings. The van der Waals surface area contributed by atoms with Crippen molar-refractivity contribution in [1.82, 2.24) is 10.2 Å². The van der Waals surface area contributed by atoms with Gasteiger partial charge in [0.1, 0.15) is 0 Å². The van der Waals surface area contributed by atoms with E-state index in [1.807, 2.05) is 6.92 Å². The molecule has 0 aliphatic carbocycles. The molecule has 1 rings (SSSR count). The lowest BCUT2D eigenvalue weighted by Crippen LogP contribution is -2.53. The van der Waals surface area contributed by atoms with Crippen LogP contribution in [-0.4, -0.2) is 60.3 Å². The quantitative estimate of drug-likeness (QED) is 0.743. The van der Waals surface area contributed by atoms with Gasteiger partial charge in [-0.2, -0.15) is 0 Å². The fourth-order valence-electron chi connectivity index (χ4n) is 1.88. The van der Waals surface area contributed by atoms with Crippen molar-refractivity contribution in [2.45, 2.75) is 39.9 Å². The summed E-state index contributed by atoms with van der Waals surface area (Å²) in [5, 5.41) is 11.7. The van der Waals surface area contributed by atoms with Gasteiger partial charge < -0.3 is 20.1 Å². The molecule has 6 heteroatoms. The number of nitrogens with one attached hydrogen (secondary N) is 1. The second kappa shape index (κ2) is 6.34. The van der Waals surface area contributed by atoms with Crippen molar-refractivity contribution in [3.05, 3.63) is 0 Å². The van der Waals surface area contributed by atoms with Crippen LogP contribution < -0.4 is 5.32 Å². The van der Waals surface area contributed by atoms with Crippen LogP contribution in [0.4, 0.5) is 0 Å². The Balaban J connectivity index is 2.47. The Bertz CT molecular complexity index is 338. The highest BCUT2D eigenvalue weighted by Crippen LogP contribution is 2.13. The number of ether oxygens (including phenoxy) is 1. The maximum Gasteiger partial charge on any atom is 0.242 e. The first-order chi connectivity index (χ1) is 8.74. The molecule has 0 aromatic rings. The minimum Gasteiger partial charge on any atom is -0.394 e. The minimum absolute atomic E-state index is 0.0129. The smallest absolute Gasteiger partial charge is 0.242 e. The molecule has 1 aliphatic heterocycles. The summed E-state index contributed by atoms with van der Waals surface area (Å²) in [6.07, 6.45) is -0.445. The number of aliphatic hydroxyl groups excluding tert-OH is 1. The topological polar surface area (TPSA) is 78.9 Å². The Kier molecular flexibility index (Phi) is 5.31. The zero-order chi connectivity index (χ0) is 14.6. The molecule has 19 heavy (non-hydrogen) atoms. The summed E-state index contributed by atoms with van der Waals surface area (Å²) in [5.74, 6) is -0.299. The van der Waals surface area contributed by atoms with Crippen LogP contribution in [-0.2, 0) is 14.3 Å². The number of amides is 2. The van der Waals surface area contributed by atoms with Crippen LogP contribution in [0.2, 0.25) is 0 Å². The highest BCUT2D eigenvalue weighted by molar-refractivity contribution is 5.87. The van der Waals surface area contributed by atoms with E-state index in [1.165, 1.54) is 0 Å². The van der Waals surface area contributed by atoms with Crippen LogP contribution in [0.1, 0.15) is 27.7 Å². The van der Waals surface area contributed by atoms with E-state index in [9.17, 15) is 9.59 Å². The third-order valence-electron chi connectivity index (χ3n) is 2.96. The van der Waals surface area contributed by atoms with Gasteiger partial charge in [0.25, 0.3) is 0 Å². The first-order valence-electron chi connectivity index (χ1n) is 6.56. The molecule has 0 bridgehead atoms. The molecule has 1 aliphatic rings. The zero-order valence-electron chi connectivity index (χ0n) is 12.1. The van der Waals surface area contributed by atoms with Crippen LogP contribution in [0, 0.1) is 5.41 Å². The Morgan fingerprint density at radius 1 is 1.37 bits per heavy atom. The van der Waals surface area contributed by atoms with E-state index in [-0.39, 0.29) is 37.2 Å². The van der Waals surface area contributed by atoms with Crippen molar-refractivity contribution < 1.29 is 19.4 Å². The first-order valence-corrected chi connectivity index (χ1v) is 6.56. The average Bonchev–Trinajstić information content (AvgIpc) is 2.33. The molecular formula is C13H24N2O4. The molecule has 2 unspecified atom stereocenters. The molecule has 2 N–H and O–H groups in total. The highest BCUT2D eigenvalue weighted by Gasteiger charge is 2.28. The van der Waals surface area contributed by atoms with Crippen LogP contribution in [0.3, 0.4) is 0 Å². The van der Waals surface area contributed by atoms with E-state index < -0.39 is 5.41 Å². The third kappa shape index (κ3) is 4.80. The SMILES string of the molecule is CC1CN(C(=O)CNC(=O)C(C)(C)C)CC(CO)O1. The van der Waals surface area contributed by atoms with Gasteiger partial charge in [-0.15, -0.1) is 0 Å². The molecule has 0 aromatic heterocycles. The Hall–Kier alpha value is -1.14. The van der Waals surface area contributed by atoms with Crippen molar-refractivity contribution in [3.63, 3.8) is 0 Å². The second-order valence-electron chi connectivity index (χ2n) is 5.98.